The number of benzene rings is 3. The van der Waals surface area contributed by atoms with Crippen LogP contribution in [0, 0.1) is 0 Å². The normalized spacial score (nSPS) is 10.7. The summed E-state index contributed by atoms with van der Waals surface area (Å²) in [4.78, 5) is 0. The van der Waals surface area contributed by atoms with Crippen molar-refractivity contribution in [3.63, 3.8) is 0 Å². The highest BCUT2D eigenvalue weighted by Crippen LogP contribution is 2.17. The fraction of sp³-hybridized carbons (Fsp3) is 0.0526. The summed E-state index contributed by atoms with van der Waals surface area (Å²) >= 11 is 0. The summed E-state index contributed by atoms with van der Waals surface area (Å²) in [7, 11) is -0.722. The van der Waals surface area contributed by atoms with Crippen LogP contribution in [0.25, 0.3) is 11.1 Å². The third kappa shape index (κ3) is 2.58. The minimum atomic E-state index is -0.722. The molecule has 0 amide bonds. The fourth-order valence-electron chi connectivity index (χ4n) is 2.52. The summed E-state index contributed by atoms with van der Waals surface area (Å²) in [5.41, 5.74) is 2.68. The molecule has 3 rings (SSSR count). The molecule has 0 atom stereocenters. The summed E-state index contributed by atoms with van der Waals surface area (Å²) in [6.45, 7) is 2.38. The Labute approximate surface area is 122 Å². The Morgan fingerprint density at radius 3 is 1.85 bits per heavy atom. The molecule has 1 radical (unpaired) electrons. The molecule has 0 aliphatic heterocycles. The molecule has 0 aromatic heterocycles. The van der Waals surface area contributed by atoms with Crippen molar-refractivity contribution in [2.75, 3.05) is 0 Å². The molecule has 0 bridgehead atoms. The maximum absolute atomic E-state index is 2.38. The summed E-state index contributed by atoms with van der Waals surface area (Å²) in [6, 6.07) is 30.3. The van der Waals surface area contributed by atoms with Crippen LogP contribution in [0.4, 0.5) is 0 Å². The topological polar surface area (TPSA) is 0 Å². The Hall–Kier alpha value is -2.12. The van der Waals surface area contributed by atoms with E-state index in [2.05, 4.69) is 91.5 Å². The zero-order chi connectivity index (χ0) is 13.8. The van der Waals surface area contributed by atoms with Crippen molar-refractivity contribution in [2.45, 2.75) is 6.55 Å². The van der Waals surface area contributed by atoms with Gasteiger partial charge in [0.1, 0.15) is 8.80 Å². The standard InChI is InChI=1S/C19H17Si/c1-20(17-12-6-3-7-13-17)19-15-9-8-14-18(19)16-10-4-2-5-11-16/h2-15H,1H3. The average molecular weight is 273 g/mol. The molecule has 0 saturated heterocycles. The second kappa shape index (κ2) is 5.89. The van der Waals surface area contributed by atoms with Gasteiger partial charge in [-0.3, -0.25) is 0 Å². The quantitative estimate of drug-likeness (QED) is 0.640. The second-order valence-electron chi connectivity index (χ2n) is 4.90. The molecule has 3 aromatic carbocycles. The van der Waals surface area contributed by atoms with Crippen molar-refractivity contribution in [2.24, 2.45) is 0 Å². The van der Waals surface area contributed by atoms with E-state index in [0.29, 0.717) is 0 Å². The van der Waals surface area contributed by atoms with Gasteiger partial charge in [0.25, 0.3) is 0 Å². The minimum Gasteiger partial charge on any atom is -0.0628 e. The van der Waals surface area contributed by atoms with Crippen LogP contribution in [0.2, 0.25) is 6.55 Å². The molecule has 0 N–H and O–H groups in total. The predicted octanol–water partition coefficient (Wildman–Crippen LogP) is 3.59. The SMILES string of the molecule is C[Si](c1ccccc1)c1ccccc1-c1ccccc1. The molecule has 0 aliphatic carbocycles. The van der Waals surface area contributed by atoms with Crippen molar-refractivity contribution in [1.82, 2.24) is 0 Å². The number of rotatable bonds is 3. The predicted molar refractivity (Wildman–Crippen MR) is 89.2 cm³/mol. The van der Waals surface area contributed by atoms with E-state index in [0.717, 1.165) is 0 Å². The van der Waals surface area contributed by atoms with Gasteiger partial charge in [-0.15, -0.1) is 0 Å². The minimum absolute atomic E-state index is 0.722. The molecule has 1 heteroatoms. The lowest BCUT2D eigenvalue weighted by Gasteiger charge is -2.15. The average Bonchev–Trinajstić information content (AvgIpc) is 2.56. The zero-order valence-electron chi connectivity index (χ0n) is 11.6. The maximum Gasteiger partial charge on any atom is 0.119 e. The van der Waals surface area contributed by atoms with Crippen LogP contribution in [0.1, 0.15) is 0 Å². The van der Waals surface area contributed by atoms with Crippen molar-refractivity contribution in [1.29, 1.82) is 0 Å². The highest BCUT2D eigenvalue weighted by molar-refractivity contribution is 6.85. The van der Waals surface area contributed by atoms with E-state index in [1.54, 1.807) is 0 Å². The molecule has 0 aliphatic rings. The Morgan fingerprint density at radius 1 is 0.600 bits per heavy atom. The Bertz CT molecular complexity index is 674. The third-order valence-electron chi connectivity index (χ3n) is 3.62. The van der Waals surface area contributed by atoms with Crippen LogP contribution in [0.3, 0.4) is 0 Å². The van der Waals surface area contributed by atoms with E-state index in [1.165, 1.54) is 21.5 Å². The van der Waals surface area contributed by atoms with E-state index in [-0.39, 0.29) is 0 Å². The first kappa shape index (κ1) is 12.9. The van der Waals surface area contributed by atoms with Crippen LogP contribution < -0.4 is 10.4 Å². The lowest BCUT2D eigenvalue weighted by molar-refractivity contribution is 1.64. The van der Waals surface area contributed by atoms with Crippen LogP contribution in [-0.2, 0) is 0 Å². The van der Waals surface area contributed by atoms with Crippen LogP contribution in [0.15, 0.2) is 84.9 Å². The van der Waals surface area contributed by atoms with Gasteiger partial charge in [0.15, 0.2) is 0 Å². The van der Waals surface area contributed by atoms with Crippen LogP contribution in [-0.4, -0.2) is 8.80 Å². The van der Waals surface area contributed by atoms with Gasteiger partial charge < -0.3 is 0 Å². The molecule has 0 spiro atoms. The molecule has 0 fully saturated rings. The van der Waals surface area contributed by atoms with Gasteiger partial charge in [-0.2, -0.15) is 0 Å². The van der Waals surface area contributed by atoms with Crippen molar-refractivity contribution in [3.8, 4) is 11.1 Å². The number of hydrogen-bond acceptors (Lipinski definition) is 0. The molecule has 0 nitrogen and oxygen atoms in total. The van der Waals surface area contributed by atoms with Crippen LogP contribution >= 0.6 is 0 Å². The van der Waals surface area contributed by atoms with Gasteiger partial charge in [-0.05, 0) is 16.3 Å². The first-order valence-corrected chi connectivity index (χ1v) is 8.90. The summed E-state index contributed by atoms with van der Waals surface area (Å²) < 4.78 is 0. The molecular formula is C19H17Si. The highest BCUT2D eigenvalue weighted by Gasteiger charge is 2.14. The first-order chi connectivity index (χ1) is 9.86. The molecule has 0 unspecified atom stereocenters. The molecule has 20 heavy (non-hydrogen) atoms. The molecule has 0 heterocycles. The molecular weight excluding hydrogens is 256 g/mol. The van der Waals surface area contributed by atoms with E-state index >= 15 is 0 Å². The van der Waals surface area contributed by atoms with Gasteiger partial charge in [0.2, 0.25) is 0 Å². The van der Waals surface area contributed by atoms with Gasteiger partial charge in [-0.1, -0.05) is 96.7 Å². The third-order valence-corrected chi connectivity index (χ3v) is 6.07. The van der Waals surface area contributed by atoms with Gasteiger partial charge >= 0.3 is 0 Å². The van der Waals surface area contributed by atoms with Crippen molar-refractivity contribution < 1.29 is 0 Å². The largest absolute Gasteiger partial charge is 0.119 e. The smallest absolute Gasteiger partial charge is 0.0628 e. The van der Waals surface area contributed by atoms with Crippen molar-refractivity contribution >= 4 is 19.2 Å². The van der Waals surface area contributed by atoms with Gasteiger partial charge in [0, 0.05) is 0 Å². The summed E-state index contributed by atoms with van der Waals surface area (Å²) in [5.74, 6) is 0. The molecule has 0 saturated carbocycles. The number of hydrogen-bond donors (Lipinski definition) is 0. The van der Waals surface area contributed by atoms with Crippen LogP contribution in [0.5, 0.6) is 0 Å². The van der Waals surface area contributed by atoms with Gasteiger partial charge in [0.05, 0.1) is 0 Å². The van der Waals surface area contributed by atoms with Gasteiger partial charge in [-0.25, -0.2) is 0 Å². The fourth-order valence-corrected chi connectivity index (χ4v) is 4.50. The maximum atomic E-state index is 2.38. The lowest BCUT2D eigenvalue weighted by atomic mass is 10.1. The van der Waals surface area contributed by atoms with E-state index in [1.807, 2.05) is 0 Å². The summed E-state index contributed by atoms with van der Waals surface area (Å²) in [5, 5.41) is 2.94. The van der Waals surface area contributed by atoms with E-state index in [9.17, 15) is 0 Å². The second-order valence-corrected chi connectivity index (χ2v) is 7.27. The molecule has 3 aromatic rings. The van der Waals surface area contributed by atoms with E-state index in [4.69, 9.17) is 0 Å². The van der Waals surface area contributed by atoms with E-state index < -0.39 is 8.80 Å². The zero-order valence-corrected chi connectivity index (χ0v) is 12.6. The monoisotopic (exact) mass is 273 g/mol. The Kier molecular flexibility index (Phi) is 3.80. The summed E-state index contributed by atoms with van der Waals surface area (Å²) in [6.07, 6.45) is 0. The Balaban J connectivity index is 2.07. The first-order valence-electron chi connectivity index (χ1n) is 6.90. The highest BCUT2D eigenvalue weighted by atomic mass is 28.3. The lowest BCUT2D eigenvalue weighted by Crippen LogP contribution is -2.40. The molecule has 97 valence electrons. The van der Waals surface area contributed by atoms with Crippen molar-refractivity contribution in [3.05, 3.63) is 84.9 Å². The Morgan fingerprint density at radius 2 is 1.15 bits per heavy atom.